The van der Waals surface area contributed by atoms with Crippen LogP contribution in [-0.2, 0) is 9.59 Å². The largest absolute Gasteiger partial charge is 0.481 e. The van der Waals surface area contributed by atoms with Crippen molar-refractivity contribution < 1.29 is 19.8 Å². The number of carbonyl (C=O) groups excluding carboxylic acids is 1. The number of rotatable bonds is 9. The highest BCUT2D eigenvalue weighted by molar-refractivity contribution is 5.99. The number of unbranched alkanes of at least 4 members (excludes halogenated alkanes) is 1. The van der Waals surface area contributed by atoms with Gasteiger partial charge in [0, 0.05) is 24.6 Å². The summed E-state index contributed by atoms with van der Waals surface area (Å²) < 4.78 is 0. The average Bonchev–Trinajstić information content (AvgIpc) is 2.60. The van der Waals surface area contributed by atoms with Gasteiger partial charge in [0.25, 0.3) is 0 Å². The maximum atomic E-state index is 11.8. The number of aliphatic carboxylic acids is 1. The molecule has 0 bridgehead atoms. The molecule has 0 amide bonds. The summed E-state index contributed by atoms with van der Waals surface area (Å²) in [6, 6.07) is 0. The standard InChI is InChI=1S/C15H25NO4/c1-11(2)6-3-4-9-15(20)13(17)10-12(16-15)7-5-8-14(18)19/h10-11,16,20H,3-9H2,1-2H3,(H,18,19). The highest BCUT2D eigenvalue weighted by atomic mass is 16.4. The van der Waals surface area contributed by atoms with Crippen molar-refractivity contribution in [2.24, 2.45) is 5.92 Å². The predicted octanol–water partition coefficient (Wildman–Crippen LogP) is 2.20. The summed E-state index contributed by atoms with van der Waals surface area (Å²) >= 11 is 0. The molecule has 0 aliphatic carbocycles. The van der Waals surface area contributed by atoms with Gasteiger partial charge < -0.3 is 15.5 Å². The van der Waals surface area contributed by atoms with Crippen molar-refractivity contribution in [1.82, 2.24) is 5.32 Å². The van der Waals surface area contributed by atoms with Crippen LogP contribution >= 0.6 is 0 Å². The third kappa shape index (κ3) is 5.33. The Labute approximate surface area is 120 Å². The number of carbonyl (C=O) groups is 2. The smallest absolute Gasteiger partial charge is 0.303 e. The van der Waals surface area contributed by atoms with E-state index in [9.17, 15) is 14.7 Å². The number of aliphatic hydroxyl groups is 1. The lowest BCUT2D eigenvalue weighted by atomic mass is 9.99. The molecule has 20 heavy (non-hydrogen) atoms. The van der Waals surface area contributed by atoms with E-state index in [1.807, 2.05) is 0 Å². The van der Waals surface area contributed by atoms with Gasteiger partial charge in [0.1, 0.15) is 0 Å². The van der Waals surface area contributed by atoms with Gasteiger partial charge in [-0.3, -0.25) is 9.59 Å². The molecular formula is C15H25NO4. The van der Waals surface area contributed by atoms with E-state index >= 15 is 0 Å². The fourth-order valence-electron chi connectivity index (χ4n) is 2.32. The van der Waals surface area contributed by atoms with Crippen molar-refractivity contribution in [3.8, 4) is 0 Å². The molecular weight excluding hydrogens is 258 g/mol. The Bertz CT molecular complexity index is 389. The van der Waals surface area contributed by atoms with Crippen LogP contribution in [0.1, 0.15) is 58.8 Å². The normalized spacial score (nSPS) is 22.0. The van der Waals surface area contributed by atoms with Crippen LogP contribution in [0, 0.1) is 5.92 Å². The van der Waals surface area contributed by atoms with Gasteiger partial charge in [0.2, 0.25) is 5.78 Å². The van der Waals surface area contributed by atoms with Gasteiger partial charge in [-0.25, -0.2) is 0 Å². The molecule has 3 N–H and O–H groups in total. The lowest BCUT2D eigenvalue weighted by molar-refractivity contribution is -0.137. The van der Waals surface area contributed by atoms with E-state index in [0.29, 0.717) is 30.9 Å². The van der Waals surface area contributed by atoms with E-state index in [-0.39, 0.29) is 12.2 Å². The van der Waals surface area contributed by atoms with Crippen LogP contribution in [0.25, 0.3) is 0 Å². The molecule has 1 atom stereocenters. The third-order valence-electron chi connectivity index (χ3n) is 3.49. The molecule has 0 spiro atoms. The molecule has 1 aliphatic rings. The van der Waals surface area contributed by atoms with E-state index in [1.54, 1.807) is 0 Å². The van der Waals surface area contributed by atoms with Gasteiger partial charge in [-0.15, -0.1) is 0 Å². The zero-order valence-corrected chi connectivity index (χ0v) is 12.3. The van der Waals surface area contributed by atoms with Crippen LogP contribution < -0.4 is 5.32 Å². The lowest BCUT2D eigenvalue weighted by Crippen LogP contribution is -2.46. The summed E-state index contributed by atoms with van der Waals surface area (Å²) in [6.07, 6.45) is 5.69. The molecule has 1 unspecified atom stereocenters. The van der Waals surface area contributed by atoms with Crippen molar-refractivity contribution in [3.63, 3.8) is 0 Å². The minimum absolute atomic E-state index is 0.0695. The summed E-state index contributed by atoms with van der Waals surface area (Å²) in [5.41, 5.74) is -0.835. The van der Waals surface area contributed by atoms with Crippen LogP contribution in [0.15, 0.2) is 11.8 Å². The van der Waals surface area contributed by atoms with E-state index in [0.717, 1.165) is 19.3 Å². The molecule has 1 heterocycles. The molecule has 0 fully saturated rings. The van der Waals surface area contributed by atoms with Crippen LogP contribution in [0.3, 0.4) is 0 Å². The van der Waals surface area contributed by atoms with Crippen molar-refractivity contribution in [2.45, 2.75) is 64.5 Å². The zero-order valence-electron chi connectivity index (χ0n) is 12.3. The Balaban J connectivity index is 2.34. The first-order chi connectivity index (χ1) is 9.33. The van der Waals surface area contributed by atoms with E-state index < -0.39 is 11.7 Å². The average molecular weight is 283 g/mol. The van der Waals surface area contributed by atoms with Crippen molar-refractivity contribution in [1.29, 1.82) is 0 Å². The first-order valence-corrected chi connectivity index (χ1v) is 7.31. The first kappa shape index (κ1) is 16.7. The fraction of sp³-hybridized carbons (Fsp3) is 0.733. The molecule has 114 valence electrons. The highest BCUT2D eigenvalue weighted by Crippen LogP contribution is 2.24. The molecule has 0 radical (unpaired) electrons. The number of nitrogens with one attached hydrogen (secondary N) is 1. The molecule has 0 saturated heterocycles. The quantitative estimate of drug-likeness (QED) is 0.565. The molecule has 1 rings (SSSR count). The van der Waals surface area contributed by atoms with E-state index in [2.05, 4.69) is 19.2 Å². The summed E-state index contributed by atoms with van der Waals surface area (Å²) in [5, 5.41) is 21.7. The predicted molar refractivity (Wildman–Crippen MR) is 76.0 cm³/mol. The second kappa shape index (κ2) is 7.43. The number of hydrogen-bond acceptors (Lipinski definition) is 4. The minimum Gasteiger partial charge on any atom is -0.481 e. The number of carboxylic acids is 1. The molecule has 5 heteroatoms. The first-order valence-electron chi connectivity index (χ1n) is 7.31. The van der Waals surface area contributed by atoms with Crippen LogP contribution in [0.5, 0.6) is 0 Å². The second-order valence-electron chi connectivity index (χ2n) is 5.91. The molecule has 5 nitrogen and oxygen atoms in total. The summed E-state index contributed by atoms with van der Waals surface area (Å²) in [6.45, 7) is 4.30. The lowest BCUT2D eigenvalue weighted by Gasteiger charge is -2.23. The zero-order chi connectivity index (χ0) is 15.2. The van der Waals surface area contributed by atoms with E-state index in [1.165, 1.54) is 6.08 Å². The fourth-order valence-corrected chi connectivity index (χ4v) is 2.32. The van der Waals surface area contributed by atoms with Gasteiger partial charge in [-0.2, -0.15) is 0 Å². The topological polar surface area (TPSA) is 86.6 Å². The van der Waals surface area contributed by atoms with Crippen LogP contribution in [0.4, 0.5) is 0 Å². The number of ketones is 1. The molecule has 1 aliphatic heterocycles. The monoisotopic (exact) mass is 283 g/mol. The Morgan fingerprint density at radius 2 is 2.05 bits per heavy atom. The Morgan fingerprint density at radius 3 is 2.65 bits per heavy atom. The second-order valence-corrected chi connectivity index (χ2v) is 5.91. The number of allylic oxidation sites excluding steroid dienone is 1. The van der Waals surface area contributed by atoms with Gasteiger partial charge in [-0.1, -0.05) is 26.7 Å². The number of carboxylic acid groups (broad SMARTS) is 1. The van der Waals surface area contributed by atoms with Crippen molar-refractivity contribution >= 4 is 11.8 Å². The minimum atomic E-state index is -1.48. The number of hydrogen-bond donors (Lipinski definition) is 3. The highest BCUT2D eigenvalue weighted by Gasteiger charge is 2.38. The maximum Gasteiger partial charge on any atom is 0.303 e. The molecule has 0 saturated carbocycles. The Kier molecular flexibility index (Phi) is 6.20. The van der Waals surface area contributed by atoms with Gasteiger partial charge in [0.05, 0.1) is 0 Å². The van der Waals surface area contributed by atoms with Crippen LogP contribution in [-0.4, -0.2) is 27.7 Å². The third-order valence-corrected chi connectivity index (χ3v) is 3.49. The van der Waals surface area contributed by atoms with Gasteiger partial charge >= 0.3 is 5.97 Å². The van der Waals surface area contributed by atoms with Crippen molar-refractivity contribution in [3.05, 3.63) is 11.8 Å². The summed E-state index contributed by atoms with van der Waals surface area (Å²) in [4.78, 5) is 22.3. The van der Waals surface area contributed by atoms with Gasteiger partial charge in [0.15, 0.2) is 5.72 Å². The van der Waals surface area contributed by atoms with Crippen molar-refractivity contribution in [2.75, 3.05) is 0 Å². The summed E-state index contributed by atoms with van der Waals surface area (Å²) in [7, 11) is 0. The molecule has 0 aromatic rings. The maximum absolute atomic E-state index is 11.8. The molecule has 0 aromatic carbocycles. The Morgan fingerprint density at radius 1 is 1.35 bits per heavy atom. The SMILES string of the molecule is CC(C)CCCCC1(O)NC(CCCC(=O)O)=CC1=O. The Hall–Kier alpha value is -1.36. The van der Waals surface area contributed by atoms with Crippen LogP contribution in [0.2, 0.25) is 0 Å². The summed E-state index contributed by atoms with van der Waals surface area (Å²) in [5.74, 6) is -0.534. The molecule has 0 aromatic heterocycles. The van der Waals surface area contributed by atoms with E-state index in [4.69, 9.17) is 5.11 Å². The van der Waals surface area contributed by atoms with Gasteiger partial charge in [-0.05, 0) is 25.2 Å².